The predicted octanol–water partition coefficient (Wildman–Crippen LogP) is 2.68. The van der Waals surface area contributed by atoms with E-state index in [-0.39, 0.29) is 10.8 Å². The first-order chi connectivity index (χ1) is 10.7. The number of benzene rings is 1. The number of hydrogen-bond acceptors (Lipinski definition) is 5. The van der Waals surface area contributed by atoms with Gasteiger partial charge in [0.15, 0.2) is 0 Å². The van der Waals surface area contributed by atoms with Crippen molar-refractivity contribution in [2.45, 2.75) is 23.2 Å². The normalized spacial score (nSPS) is 14.4. The van der Waals surface area contributed by atoms with Crippen LogP contribution in [0.5, 0.6) is 5.75 Å². The molecule has 0 radical (unpaired) electrons. The van der Waals surface area contributed by atoms with Gasteiger partial charge in [-0.05, 0) is 36.8 Å². The molecule has 1 aromatic heterocycles. The van der Waals surface area contributed by atoms with Crippen LogP contribution in [0.1, 0.15) is 12.5 Å². The highest BCUT2D eigenvalue weighted by Gasteiger charge is 2.25. The van der Waals surface area contributed by atoms with Crippen molar-refractivity contribution in [1.29, 1.82) is 0 Å². The van der Waals surface area contributed by atoms with Crippen LogP contribution in [0.2, 0.25) is 4.34 Å². The van der Waals surface area contributed by atoms with E-state index in [2.05, 4.69) is 4.72 Å². The van der Waals surface area contributed by atoms with E-state index < -0.39 is 15.6 Å². The van der Waals surface area contributed by atoms with Crippen molar-refractivity contribution in [2.75, 3.05) is 13.7 Å². The summed E-state index contributed by atoms with van der Waals surface area (Å²) in [5.74, 6) is 0.726. The Morgan fingerprint density at radius 3 is 2.43 bits per heavy atom. The van der Waals surface area contributed by atoms with Crippen LogP contribution >= 0.6 is 22.9 Å². The maximum Gasteiger partial charge on any atom is 0.250 e. The minimum atomic E-state index is -3.67. The van der Waals surface area contributed by atoms with Gasteiger partial charge in [-0.25, -0.2) is 13.1 Å². The van der Waals surface area contributed by atoms with Gasteiger partial charge in [0, 0.05) is 13.0 Å². The van der Waals surface area contributed by atoms with Gasteiger partial charge in [-0.3, -0.25) is 0 Å². The van der Waals surface area contributed by atoms with Crippen LogP contribution in [-0.4, -0.2) is 32.8 Å². The zero-order chi connectivity index (χ0) is 17.1. The minimum absolute atomic E-state index is 0.100. The molecule has 5 nitrogen and oxygen atoms in total. The average Bonchev–Trinajstić information content (AvgIpc) is 2.93. The average molecular weight is 376 g/mol. The molecule has 0 saturated heterocycles. The SMILES string of the molecule is COc1ccc(C[C@@](C)(O)CNS(=O)(=O)c2ccc(Cl)s2)cc1. The summed E-state index contributed by atoms with van der Waals surface area (Å²) in [6.07, 6.45) is 0.310. The Balaban J connectivity index is 2.00. The zero-order valence-corrected chi connectivity index (χ0v) is 15.1. The minimum Gasteiger partial charge on any atom is -0.497 e. The molecule has 0 amide bonds. The molecule has 0 saturated carbocycles. The van der Waals surface area contributed by atoms with Crippen molar-refractivity contribution in [3.05, 3.63) is 46.3 Å². The molecule has 0 fully saturated rings. The van der Waals surface area contributed by atoms with E-state index in [1.807, 2.05) is 12.1 Å². The zero-order valence-electron chi connectivity index (χ0n) is 12.7. The Hall–Kier alpha value is -1.12. The lowest BCUT2D eigenvalue weighted by Crippen LogP contribution is -2.42. The second kappa shape index (κ2) is 7.19. The van der Waals surface area contributed by atoms with Gasteiger partial charge in [-0.2, -0.15) is 0 Å². The molecule has 0 bridgehead atoms. The first kappa shape index (κ1) is 18.2. The van der Waals surface area contributed by atoms with Crippen molar-refractivity contribution >= 4 is 33.0 Å². The Kier molecular flexibility index (Phi) is 5.70. The van der Waals surface area contributed by atoms with Gasteiger partial charge in [0.25, 0.3) is 0 Å². The van der Waals surface area contributed by atoms with E-state index in [0.717, 1.165) is 22.6 Å². The molecule has 1 aromatic carbocycles. The topological polar surface area (TPSA) is 75.6 Å². The first-order valence-corrected chi connectivity index (χ1v) is 9.50. The van der Waals surface area contributed by atoms with Crippen LogP contribution in [-0.2, 0) is 16.4 Å². The molecule has 0 aliphatic carbocycles. The monoisotopic (exact) mass is 375 g/mol. The smallest absolute Gasteiger partial charge is 0.250 e. The number of ether oxygens (including phenoxy) is 1. The molecule has 0 spiro atoms. The lowest BCUT2D eigenvalue weighted by atomic mass is 9.97. The Morgan fingerprint density at radius 1 is 1.26 bits per heavy atom. The van der Waals surface area contributed by atoms with Gasteiger partial charge < -0.3 is 9.84 Å². The van der Waals surface area contributed by atoms with Crippen LogP contribution in [0.25, 0.3) is 0 Å². The summed E-state index contributed by atoms with van der Waals surface area (Å²) in [5.41, 5.74) is -0.336. The quantitative estimate of drug-likeness (QED) is 0.780. The number of aliphatic hydroxyl groups is 1. The molecule has 1 atom stereocenters. The molecule has 2 aromatic rings. The van der Waals surface area contributed by atoms with E-state index in [1.165, 1.54) is 12.1 Å². The Morgan fingerprint density at radius 2 is 1.91 bits per heavy atom. The fraction of sp³-hybridized carbons (Fsp3) is 0.333. The highest BCUT2D eigenvalue weighted by Crippen LogP contribution is 2.25. The summed E-state index contributed by atoms with van der Waals surface area (Å²) < 4.78 is 32.3. The highest BCUT2D eigenvalue weighted by molar-refractivity contribution is 7.91. The maximum atomic E-state index is 12.1. The summed E-state index contributed by atoms with van der Waals surface area (Å²) in [5, 5.41) is 10.4. The van der Waals surface area contributed by atoms with E-state index in [0.29, 0.717) is 10.8 Å². The fourth-order valence-corrected chi connectivity index (χ4v) is 4.70. The summed E-state index contributed by atoms with van der Waals surface area (Å²) >= 11 is 6.73. The van der Waals surface area contributed by atoms with Crippen molar-refractivity contribution in [3.8, 4) is 5.75 Å². The number of hydrogen-bond donors (Lipinski definition) is 2. The Bertz CT molecular complexity index is 754. The summed E-state index contributed by atoms with van der Waals surface area (Å²) in [6, 6.07) is 10.2. The van der Waals surface area contributed by atoms with E-state index >= 15 is 0 Å². The van der Waals surface area contributed by atoms with Gasteiger partial charge in [-0.15, -0.1) is 11.3 Å². The molecule has 2 N–H and O–H groups in total. The predicted molar refractivity (Wildman–Crippen MR) is 91.8 cm³/mol. The number of sulfonamides is 1. The van der Waals surface area contributed by atoms with Crippen molar-refractivity contribution in [3.63, 3.8) is 0 Å². The molecular weight excluding hydrogens is 358 g/mol. The molecule has 1 heterocycles. The third-order valence-electron chi connectivity index (χ3n) is 3.20. The van der Waals surface area contributed by atoms with Crippen LogP contribution < -0.4 is 9.46 Å². The Labute approximate surface area is 144 Å². The van der Waals surface area contributed by atoms with Crippen molar-refractivity contribution in [2.24, 2.45) is 0 Å². The van der Waals surface area contributed by atoms with Crippen LogP contribution in [0, 0.1) is 0 Å². The van der Waals surface area contributed by atoms with Crippen LogP contribution in [0.4, 0.5) is 0 Å². The van der Waals surface area contributed by atoms with Crippen LogP contribution in [0.3, 0.4) is 0 Å². The molecule has 23 heavy (non-hydrogen) atoms. The van der Waals surface area contributed by atoms with E-state index in [1.54, 1.807) is 26.2 Å². The van der Waals surface area contributed by atoms with Gasteiger partial charge in [0.2, 0.25) is 10.0 Å². The number of nitrogens with one attached hydrogen (secondary N) is 1. The van der Waals surface area contributed by atoms with Gasteiger partial charge in [0.05, 0.1) is 17.0 Å². The van der Waals surface area contributed by atoms with Gasteiger partial charge >= 0.3 is 0 Å². The summed E-state index contributed by atoms with van der Waals surface area (Å²) in [4.78, 5) is 0. The lowest BCUT2D eigenvalue weighted by Gasteiger charge is -2.23. The van der Waals surface area contributed by atoms with Gasteiger partial charge in [-0.1, -0.05) is 23.7 Å². The largest absolute Gasteiger partial charge is 0.497 e. The summed E-state index contributed by atoms with van der Waals surface area (Å²) in [6.45, 7) is 1.48. The number of rotatable bonds is 7. The molecule has 0 aliphatic rings. The van der Waals surface area contributed by atoms with Crippen LogP contribution in [0.15, 0.2) is 40.6 Å². The number of methoxy groups -OCH3 is 1. The lowest BCUT2D eigenvalue weighted by molar-refractivity contribution is 0.0657. The first-order valence-electron chi connectivity index (χ1n) is 6.82. The summed E-state index contributed by atoms with van der Waals surface area (Å²) in [7, 11) is -2.09. The second-order valence-corrected chi connectivity index (χ2v) is 9.11. The van der Waals surface area contributed by atoms with E-state index in [9.17, 15) is 13.5 Å². The number of halogens is 1. The molecular formula is C15H18ClNO4S2. The standard InChI is InChI=1S/C15H18ClNO4S2/c1-15(18,9-11-3-5-12(21-2)6-4-11)10-17-23(19,20)14-8-7-13(16)22-14/h3-8,17-18H,9-10H2,1-2H3/t15-/m1/s1. The molecule has 2 rings (SSSR count). The molecule has 0 unspecified atom stereocenters. The van der Waals surface area contributed by atoms with Crippen molar-refractivity contribution in [1.82, 2.24) is 4.72 Å². The maximum absolute atomic E-state index is 12.1. The third kappa shape index (κ3) is 5.19. The van der Waals surface area contributed by atoms with Gasteiger partial charge in [0.1, 0.15) is 9.96 Å². The van der Waals surface area contributed by atoms with Crippen molar-refractivity contribution < 1.29 is 18.3 Å². The third-order valence-corrected chi connectivity index (χ3v) is 6.32. The molecule has 126 valence electrons. The molecule has 0 aliphatic heterocycles. The number of thiophene rings is 1. The van der Waals surface area contributed by atoms with E-state index in [4.69, 9.17) is 16.3 Å². The highest BCUT2D eigenvalue weighted by atomic mass is 35.5. The molecule has 8 heteroatoms. The second-order valence-electron chi connectivity index (χ2n) is 5.40. The fourth-order valence-electron chi connectivity index (χ4n) is 2.01.